The minimum atomic E-state index is -3.74. The van der Waals surface area contributed by atoms with E-state index in [0.717, 1.165) is 17.7 Å². The molecule has 2 aromatic carbocycles. The Balaban J connectivity index is 1.58. The fourth-order valence-corrected chi connectivity index (χ4v) is 5.80. The summed E-state index contributed by atoms with van der Waals surface area (Å²) in [5.74, 6) is -0.739. The zero-order valence-corrected chi connectivity index (χ0v) is 19.8. The number of methoxy groups -OCH3 is 1. The lowest BCUT2D eigenvalue weighted by Crippen LogP contribution is -2.44. The number of piperidine rings is 1. The number of sulfonamides is 1. The number of amides is 1. The highest BCUT2D eigenvalue weighted by atomic mass is 35.5. The van der Waals surface area contributed by atoms with Gasteiger partial charge in [0, 0.05) is 29.6 Å². The molecule has 1 aliphatic rings. The lowest BCUT2D eigenvalue weighted by atomic mass is 9.95. The van der Waals surface area contributed by atoms with Gasteiger partial charge in [0.1, 0.15) is 11.6 Å². The Bertz CT molecular complexity index is 1020. The molecule has 0 spiro atoms. The Labute approximate surface area is 193 Å². The minimum Gasteiger partial charge on any atom is -0.497 e. The van der Waals surface area contributed by atoms with E-state index in [4.69, 9.17) is 16.3 Å². The van der Waals surface area contributed by atoms with Crippen LogP contribution in [0.2, 0.25) is 5.02 Å². The van der Waals surface area contributed by atoms with Crippen LogP contribution in [-0.2, 0) is 20.6 Å². The van der Waals surface area contributed by atoms with E-state index in [0.29, 0.717) is 12.8 Å². The highest BCUT2D eigenvalue weighted by molar-refractivity contribution is 7.88. The first-order valence-electron chi connectivity index (χ1n) is 10.6. The summed E-state index contributed by atoms with van der Waals surface area (Å²) in [6, 6.07) is 11.5. The molecule has 1 atom stereocenters. The van der Waals surface area contributed by atoms with Crippen LogP contribution >= 0.6 is 11.6 Å². The molecule has 1 N–H and O–H groups in total. The van der Waals surface area contributed by atoms with Gasteiger partial charge in [-0.25, -0.2) is 17.1 Å². The molecule has 32 heavy (non-hydrogen) atoms. The van der Waals surface area contributed by atoms with Crippen LogP contribution in [0.15, 0.2) is 42.5 Å². The van der Waals surface area contributed by atoms with E-state index in [2.05, 4.69) is 5.32 Å². The average Bonchev–Trinajstić information content (AvgIpc) is 2.80. The van der Waals surface area contributed by atoms with Gasteiger partial charge in [-0.3, -0.25) is 4.79 Å². The molecule has 6 nitrogen and oxygen atoms in total. The summed E-state index contributed by atoms with van der Waals surface area (Å²) < 4.78 is 46.1. The van der Waals surface area contributed by atoms with Crippen molar-refractivity contribution < 1.29 is 22.3 Å². The van der Waals surface area contributed by atoms with Gasteiger partial charge < -0.3 is 10.1 Å². The molecular weight excluding hydrogens is 455 g/mol. The number of nitrogens with one attached hydrogen (secondary N) is 1. The van der Waals surface area contributed by atoms with Crippen molar-refractivity contribution in [3.63, 3.8) is 0 Å². The maximum absolute atomic E-state index is 14.0. The van der Waals surface area contributed by atoms with Gasteiger partial charge in [-0.2, -0.15) is 0 Å². The molecule has 0 radical (unpaired) electrons. The fraction of sp³-hybridized carbons (Fsp3) is 0.435. The number of ether oxygens (including phenoxy) is 1. The van der Waals surface area contributed by atoms with Crippen molar-refractivity contribution >= 4 is 27.5 Å². The lowest BCUT2D eigenvalue weighted by Gasteiger charge is -2.31. The topological polar surface area (TPSA) is 75.7 Å². The van der Waals surface area contributed by atoms with Gasteiger partial charge in [0.15, 0.2) is 0 Å². The van der Waals surface area contributed by atoms with E-state index in [-0.39, 0.29) is 41.5 Å². The zero-order chi connectivity index (χ0) is 23.3. The van der Waals surface area contributed by atoms with Gasteiger partial charge in [0.25, 0.3) is 0 Å². The first kappa shape index (κ1) is 24.5. The molecule has 1 unspecified atom stereocenters. The van der Waals surface area contributed by atoms with Crippen LogP contribution in [-0.4, -0.2) is 38.8 Å². The van der Waals surface area contributed by atoms with Crippen molar-refractivity contribution in [3.8, 4) is 5.75 Å². The van der Waals surface area contributed by atoms with Crippen LogP contribution in [0.25, 0.3) is 0 Å². The molecule has 0 aliphatic carbocycles. The van der Waals surface area contributed by atoms with Crippen LogP contribution in [0.4, 0.5) is 4.39 Å². The quantitative estimate of drug-likeness (QED) is 0.608. The zero-order valence-electron chi connectivity index (χ0n) is 18.2. The van der Waals surface area contributed by atoms with E-state index >= 15 is 0 Å². The normalized spacial score (nSPS) is 16.5. The SMILES string of the molecule is CCC(NC(=O)C1CCN(S(=O)(=O)Cc2c(F)cccc2Cl)CC1)c1ccc(OC)cc1. The summed E-state index contributed by atoms with van der Waals surface area (Å²) in [4.78, 5) is 12.8. The predicted molar refractivity (Wildman–Crippen MR) is 122 cm³/mol. The number of hydrogen-bond donors (Lipinski definition) is 1. The van der Waals surface area contributed by atoms with Crippen LogP contribution in [0.1, 0.15) is 43.4 Å². The van der Waals surface area contributed by atoms with Gasteiger partial charge in [0.05, 0.1) is 18.9 Å². The summed E-state index contributed by atoms with van der Waals surface area (Å²) in [6.07, 6.45) is 1.55. The number of carbonyl (C=O) groups excluding carboxylic acids is 1. The molecule has 1 fully saturated rings. The average molecular weight is 483 g/mol. The van der Waals surface area contributed by atoms with Crippen molar-refractivity contribution in [1.82, 2.24) is 9.62 Å². The highest BCUT2D eigenvalue weighted by Gasteiger charge is 2.32. The summed E-state index contributed by atoms with van der Waals surface area (Å²) in [7, 11) is -2.14. The van der Waals surface area contributed by atoms with Gasteiger partial charge >= 0.3 is 0 Å². The van der Waals surface area contributed by atoms with Crippen molar-refractivity contribution in [3.05, 3.63) is 64.4 Å². The van der Waals surface area contributed by atoms with Crippen LogP contribution in [0.5, 0.6) is 5.75 Å². The molecular formula is C23H28ClFN2O4S. The highest BCUT2D eigenvalue weighted by Crippen LogP contribution is 2.27. The second-order valence-corrected chi connectivity index (χ2v) is 10.2. The molecule has 1 saturated heterocycles. The van der Waals surface area contributed by atoms with Gasteiger partial charge in [-0.15, -0.1) is 0 Å². The largest absolute Gasteiger partial charge is 0.497 e. The number of rotatable bonds is 8. The summed E-state index contributed by atoms with van der Waals surface area (Å²) >= 11 is 5.99. The molecule has 9 heteroatoms. The van der Waals surface area contributed by atoms with Crippen LogP contribution in [0, 0.1) is 11.7 Å². The third kappa shape index (κ3) is 5.79. The van der Waals surface area contributed by atoms with Crippen molar-refractivity contribution in [1.29, 1.82) is 0 Å². The Morgan fingerprint density at radius 2 is 1.88 bits per heavy atom. The second-order valence-electron chi connectivity index (χ2n) is 7.87. The second kappa shape index (κ2) is 10.6. The van der Waals surface area contributed by atoms with Crippen molar-refractivity contribution in [2.75, 3.05) is 20.2 Å². The molecule has 0 saturated carbocycles. The molecule has 2 aromatic rings. The van der Waals surface area contributed by atoms with Crippen LogP contribution < -0.4 is 10.1 Å². The molecule has 0 aromatic heterocycles. The van der Waals surface area contributed by atoms with Crippen LogP contribution in [0.3, 0.4) is 0 Å². The lowest BCUT2D eigenvalue weighted by molar-refractivity contribution is -0.126. The Morgan fingerprint density at radius 1 is 1.22 bits per heavy atom. The Hall–Kier alpha value is -2.16. The predicted octanol–water partition coefficient (Wildman–Crippen LogP) is 4.30. The standard InChI is InChI=1S/C23H28ClFN2O4S/c1-3-22(16-7-9-18(31-2)10-8-16)26-23(28)17-11-13-27(14-12-17)32(29,30)15-19-20(24)5-4-6-21(19)25/h4-10,17,22H,3,11-15H2,1-2H3,(H,26,28). The third-order valence-corrected chi connectivity index (χ3v) is 8.01. The fourth-order valence-electron chi connectivity index (χ4n) is 3.89. The van der Waals surface area contributed by atoms with Gasteiger partial charge in [0.2, 0.25) is 15.9 Å². The number of nitrogens with zero attached hydrogens (tertiary/aromatic N) is 1. The maximum atomic E-state index is 14.0. The Kier molecular flexibility index (Phi) is 8.14. The molecule has 3 rings (SSSR count). The van der Waals surface area contributed by atoms with E-state index in [1.807, 2.05) is 31.2 Å². The molecule has 1 amide bonds. The Morgan fingerprint density at radius 3 is 2.44 bits per heavy atom. The van der Waals surface area contributed by atoms with Gasteiger partial charge in [-0.1, -0.05) is 36.7 Å². The number of carbonyl (C=O) groups is 1. The maximum Gasteiger partial charge on any atom is 0.223 e. The van der Waals surface area contributed by atoms with E-state index in [9.17, 15) is 17.6 Å². The van der Waals surface area contributed by atoms with E-state index in [1.54, 1.807) is 7.11 Å². The molecule has 1 aliphatic heterocycles. The van der Waals surface area contributed by atoms with E-state index in [1.165, 1.54) is 22.5 Å². The first-order chi connectivity index (χ1) is 15.2. The number of halogens is 2. The molecule has 174 valence electrons. The monoisotopic (exact) mass is 482 g/mol. The van der Waals surface area contributed by atoms with Crippen molar-refractivity contribution in [2.45, 2.75) is 38.0 Å². The third-order valence-electron chi connectivity index (χ3n) is 5.85. The number of benzene rings is 2. The van der Waals surface area contributed by atoms with Gasteiger partial charge in [-0.05, 0) is 49.1 Å². The summed E-state index contributed by atoms with van der Waals surface area (Å²) in [5.41, 5.74) is 0.961. The summed E-state index contributed by atoms with van der Waals surface area (Å²) in [5, 5.41) is 3.17. The van der Waals surface area contributed by atoms with Crippen molar-refractivity contribution in [2.24, 2.45) is 5.92 Å². The number of hydrogen-bond acceptors (Lipinski definition) is 4. The minimum absolute atomic E-state index is 0.0284. The molecule has 0 bridgehead atoms. The van der Waals surface area contributed by atoms with E-state index < -0.39 is 21.6 Å². The smallest absolute Gasteiger partial charge is 0.223 e. The summed E-state index contributed by atoms with van der Waals surface area (Å²) in [6.45, 7) is 2.43. The molecule has 1 heterocycles. The first-order valence-corrected chi connectivity index (χ1v) is 12.6.